The zero-order valence-electron chi connectivity index (χ0n) is 10.5. The molecule has 18 heavy (non-hydrogen) atoms. The molecule has 4 nitrogen and oxygen atoms in total. The minimum absolute atomic E-state index is 0.0149. The fourth-order valence-corrected chi connectivity index (χ4v) is 2.46. The molecule has 1 heterocycles. The van der Waals surface area contributed by atoms with Crippen molar-refractivity contribution in [3.05, 3.63) is 34.9 Å². The van der Waals surface area contributed by atoms with Crippen LogP contribution < -0.4 is 5.73 Å². The molecular formula is C13H18ClN3O. The van der Waals surface area contributed by atoms with Crippen molar-refractivity contribution in [1.82, 2.24) is 9.80 Å². The Hall–Kier alpha value is -1.10. The van der Waals surface area contributed by atoms with Crippen LogP contribution in [0.2, 0.25) is 5.02 Å². The Bertz CT molecular complexity index is 438. The molecular weight excluding hydrogens is 250 g/mol. The molecule has 1 saturated heterocycles. The Labute approximate surface area is 112 Å². The van der Waals surface area contributed by atoms with Gasteiger partial charge in [0.05, 0.1) is 6.04 Å². The van der Waals surface area contributed by atoms with Crippen LogP contribution in [0.5, 0.6) is 0 Å². The Morgan fingerprint density at radius 3 is 2.94 bits per heavy atom. The Morgan fingerprint density at radius 1 is 1.50 bits per heavy atom. The number of hydrogen-bond acceptors (Lipinski definition) is 3. The molecule has 1 aromatic carbocycles. The smallest absolute Gasteiger partial charge is 0.254 e. The SMILES string of the molecule is CN1CCN(C(=O)c2cccc(Cl)c2)C(CN)C1. The van der Waals surface area contributed by atoms with Gasteiger partial charge in [-0.15, -0.1) is 0 Å². The second-order valence-corrected chi connectivity index (χ2v) is 5.10. The topological polar surface area (TPSA) is 49.6 Å². The highest BCUT2D eigenvalue weighted by Crippen LogP contribution is 2.16. The largest absolute Gasteiger partial charge is 0.332 e. The van der Waals surface area contributed by atoms with Gasteiger partial charge in [0.25, 0.3) is 5.91 Å². The summed E-state index contributed by atoms with van der Waals surface area (Å²) in [5.74, 6) is 0.0149. The van der Waals surface area contributed by atoms with E-state index in [9.17, 15) is 4.79 Å². The molecule has 1 aliphatic heterocycles. The number of nitrogens with two attached hydrogens (primary N) is 1. The third-order valence-electron chi connectivity index (χ3n) is 3.29. The van der Waals surface area contributed by atoms with Crippen LogP contribution in [-0.2, 0) is 0 Å². The van der Waals surface area contributed by atoms with Crippen molar-refractivity contribution in [2.75, 3.05) is 33.2 Å². The van der Waals surface area contributed by atoms with Gasteiger partial charge in [0.2, 0.25) is 0 Å². The van der Waals surface area contributed by atoms with E-state index in [2.05, 4.69) is 4.90 Å². The van der Waals surface area contributed by atoms with Gasteiger partial charge in [0.15, 0.2) is 0 Å². The lowest BCUT2D eigenvalue weighted by Gasteiger charge is -2.39. The van der Waals surface area contributed by atoms with Gasteiger partial charge in [0, 0.05) is 36.8 Å². The third-order valence-corrected chi connectivity index (χ3v) is 3.53. The number of benzene rings is 1. The summed E-state index contributed by atoms with van der Waals surface area (Å²) in [6.45, 7) is 2.89. The number of hydrogen-bond donors (Lipinski definition) is 1. The minimum atomic E-state index is 0.0149. The normalized spacial score (nSPS) is 21.1. The maximum Gasteiger partial charge on any atom is 0.254 e. The maximum atomic E-state index is 12.4. The Kier molecular flexibility index (Phi) is 4.22. The van der Waals surface area contributed by atoms with Crippen LogP contribution in [0, 0.1) is 0 Å². The van der Waals surface area contributed by atoms with E-state index in [-0.39, 0.29) is 11.9 Å². The summed E-state index contributed by atoms with van der Waals surface area (Å²) in [7, 11) is 2.05. The Morgan fingerprint density at radius 2 is 2.28 bits per heavy atom. The number of piperazine rings is 1. The lowest BCUT2D eigenvalue weighted by molar-refractivity contribution is 0.0516. The number of rotatable bonds is 2. The second kappa shape index (κ2) is 5.69. The zero-order valence-corrected chi connectivity index (χ0v) is 11.2. The number of carbonyl (C=O) groups excluding carboxylic acids is 1. The van der Waals surface area contributed by atoms with Crippen molar-refractivity contribution in [1.29, 1.82) is 0 Å². The van der Waals surface area contributed by atoms with Crippen molar-refractivity contribution >= 4 is 17.5 Å². The number of nitrogens with zero attached hydrogens (tertiary/aromatic N) is 2. The van der Waals surface area contributed by atoms with E-state index in [4.69, 9.17) is 17.3 Å². The lowest BCUT2D eigenvalue weighted by Crippen LogP contribution is -2.56. The molecule has 5 heteroatoms. The van der Waals surface area contributed by atoms with E-state index in [1.165, 1.54) is 0 Å². The molecule has 98 valence electrons. The average molecular weight is 268 g/mol. The van der Waals surface area contributed by atoms with Gasteiger partial charge in [-0.3, -0.25) is 4.79 Å². The van der Waals surface area contributed by atoms with E-state index in [1.807, 2.05) is 11.9 Å². The van der Waals surface area contributed by atoms with Crippen LogP contribution in [-0.4, -0.2) is 55.0 Å². The molecule has 2 rings (SSSR count). The summed E-state index contributed by atoms with van der Waals surface area (Å²) in [6.07, 6.45) is 0. The molecule has 0 spiro atoms. The molecule has 0 aromatic heterocycles. The van der Waals surface area contributed by atoms with Crippen molar-refractivity contribution < 1.29 is 4.79 Å². The molecule has 0 bridgehead atoms. The highest BCUT2D eigenvalue weighted by Gasteiger charge is 2.28. The molecule has 1 aliphatic rings. The first-order chi connectivity index (χ1) is 8.61. The summed E-state index contributed by atoms with van der Waals surface area (Å²) in [6, 6.07) is 7.14. The standard InChI is InChI=1S/C13H18ClN3O/c1-16-5-6-17(12(8-15)9-16)13(18)10-3-2-4-11(14)7-10/h2-4,7,12H,5-6,8-9,15H2,1H3. The predicted octanol–water partition coefficient (Wildman–Crippen LogP) is 1.05. The monoisotopic (exact) mass is 267 g/mol. The average Bonchev–Trinajstić information content (AvgIpc) is 2.37. The third kappa shape index (κ3) is 2.83. The highest BCUT2D eigenvalue weighted by atomic mass is 35.5. The van der Waals surface area contributed by atoms with Crippen molar-refractivity contribution in [2.45, 2.75) is 6.04 Å². The zero-order chi connectivity index (χ0) is 13.1. The molecule has 1 fully saturated rings. The first-order valence-electron chi connectivity index (χ1n) is 6.07. The van der Waals surface area contributed by atoms with E-state index in [1.54, 1.807) is 24.3 Å². The first kappa shape index (κ1) is 13.3. The summed E-state index contributed by atoms with van der Waals surface area (Å²) in [5, 5.41) is 0.583. The molecule has 0 aliphatic carbocycles. The van der Waals surface area contributed by atoms with Crippen molar-refractivity contribution in [3.8, 4) is 0 Å². The summed E-state index contributed by atoms with van der Waals surface area (Å²) < 4.78 is 0. The number of amides is 1. The summed E-state index contributed by atoms with van der Waals surface area (Å²) in [5.41, 5.74) is 6.39. The fraction of sp³-hybridized carbons (Fsp3) is 0.462. The van der Waals surface area contributed by atoms with Crippen molar-refractivity contribution in [3.63, 3.8) is 0 Å². The van der Waals surface area contributed by atoms with Crippen LogP contribution >= 0.6 is 11.6 Å². The van der Waals surface area contributed by atoms with Crippen molar-refractivity contribution in [2.24, 2.45) is 5.73 Å². The molecule has 2 N–H and O–H groups in total. The van der Waals surface area contributed by atoms with E-state index < -0.39 is 0 Å². The van der Waals surface area contributed by atoms with Crippen LogP contribution in [0.3, 0.4) is 0 Å². The number of halogens is 1. The van der Waals surface area contributed by atoms with Gasteiger partial charge < -0.3 is 15.5 Å². The highest BCUT2D eigenvalue weighted by molar-refractivity contribution is 6.30. The number of likely N-dealkylation sites (N-methyl/N-ethyl adjacent to an activating group) is 1. The van der Waals surface area contributed by atoms with Gasteiger partial charge >= 0.3 is 0 Å². The molecule has 1 unspecified atom stereocenters. The predicted molar refractivity (Wildman–Crippen MR) is 72.8 cm³/mol. The second-order valence-electron chi connectivity index (χ2n) is 4.66. The van der Waals surface area contributed by atoms with Gasteiger partial charge in [-0.1, -0.05) is 17.7 Å². The van der Waals surface area contributed by atoms with Crippen LogP contribution in [0.1, 0.15) is 10.4 Å². The molecule has 1 amide bonds. The number of carbonyl (C=O) groups is 1. The summed E-state index contributed by atoms with van der Waals surface area (Å²) >= 11 is 5.92. The molecule has 0 saturated carbocycles. The minimum Gasteiger partial charge on any atom is -0.332 e. The van der Waals surface area contributed by atoms with Gasteiger partial charge in [-0.2, -0.15) is 0 Å². The first-order valence-corrected chi connectivity index (χ1v) is 6.44. The molecule has 1 atom stereocenters. The van der Waals surface area contributed by atoms with Crippen LogP contribution in [0.15, 0.2) is 24.3 Å². The van der Waals surface area contributed by atoms with E-state index >= 15 is 0 Å². The van der Waals surface area contributed by atoms with Gasteiger partial charge in [-0.05, 0) is 25.2 Å². The van der Waals surface area contributed by atoms with E-state index in [0.717, 1.165) is 13.1 Å². The lowest BCUT2D eigenvalue weighted by atomic mass is 10.1. The van der Waals surface area contributed by atoms with Crippen LogP contribution in [0.25, 0.3) is 0 Å². The fourth-order valence-electron chi connectivity index (χ4n) is 2.27. The van der Waals surface area contributed by atoms with Gasteiger partial charge in [-0.25, -0.2) is 0 Å². The molecule has 1 aromatic rings. The summed E-state index contributed by atoms with van der Waals surface area (Å²) in [4.78, 5) is 16.5. The molecule has 0 radical (unpaired) electrons. The maximum absolute atomic E-state index is 12.4. The van der Waals surface area contributed by atoms with Gasteiger partial charge in [0.1, 0.15) is 0 Å². The van der Waals surface area contributed by atoms with Crippen LogP contribution in [0.4, 0.5) is 0 Å². The Balaban J connectivity index is 2.17. The van der Waals surface area contributed by atoms with E-state index in [0.29, 0.717) is 23.7 Å². The quantitative estimate of drug-likeness (QED) is 0.872.